The molecule has 0 spiro atoms. The quantitative estimate of drug-likeness (QED) is 0.509. The number of fused-ring (bicyclic) bond motifs is 1. The predicted molar refractivity (Wildman–Crippen MR) is 107 cm³/mol. The second-order valence-electron chi connectivity index (χ2n) is 5.45. The van der Waals surface area contributed by atoms with Crippen LogP contribution >= 0.6 is 34.5 Å². The Balaban J connectivity index is 2.05. The molecule has 0 radical (unpaired) electrons. The van der Waals surface area contributed by atoms with Gasteiger partial charge in [0.2, 0.25) is 0 Å². The number of aryl methyl sites for hydroxylation is 1. The van der Waals surface area contributed by atoms with E-state index in [2.05, 4.69) is 21.5 Å². The molecule has 2 heterocycles. The van der Waals surface area contributed by atoms with Crippen LogP contribution in [0.5, 0.6) is 11.5 Å². The van der Waals surface area contributed by atoms with Crippen LogP contribution in [0.1, 0.15) is 12.2 Å². The van der Waals surface area contributed by atoms with Gasteiger partial charge in [0.15, 0.2) is 5.78 Å². The van der Waals surface area contributed by atoms with Gasteiger partial charge in [0.05, 0.1) is 36.0 Å². The fraction of sp³-hybridized carbons (Fsp3) is 0.222. The molecule has 9 heteroatoms. The topological polar surface area (TPSA) is 74.2 Å². The first kappa shape index (κ1) is 19.5. The number of halogens is 2. The maximum absolute atomic E-state index is 11.4. The Morgan fingerprint density at radius 1 is 1.22 bits per heavy atom. The fourth-order valence-corrected chi connectivity index (χ4v) is 4.19. The minimum atomic E-state index is -0.0503. The molecule has 3 rings (SSSR count). The molecule has 0 fully saturated rings. The van der Waals surface area contributed by atoms with E-state index in [0.29, 0.717) is 61.1 Å². The highest BCUT2D eigenvalue weighted by Gasteiger charge is 2.22. The Morgan fingerprint density at radius 3 is 2.48 bits per heavy atom. The Bertz CT molecular complexity index is 1010. The third-order valence-corrected chi connectivity index (χ3v) is 5.54. The van der Waals surface area contributed by atoms with Gasteiger partial charge in [-0.2, -0.15) is 0 Å². The van der Waals surface area contributed by atoms with E-state index < -0.39 is 0 Å². The summed E-state index contributed by atoms with van der Waals surface area (Å²) < 4.78 is 10.6. The molecule has 0 amide bonds. The number of ketones is 1. The van der Waals surface area contributed by atoms with Gasteiger partial charge in [-0.3, -0.25) is 4.79 Å². The predicted octanol–water partition coefficient (Wildman–Crippen LogP) is 4.77. The third kappa shape index (κ3) is 3.90. The summed E-state index contributed by atoms with van der Waals surface area (Å²) in [7, 11) is 3.03. The molecular formula is C18H15Cl2N3O3S. The first-order chi connectivity index (χ1) is 13.0. The maximum Gasteiger partial charge on any atom is 0.155 e. The van der Waals surface area contributed by atoms with Crippen LogP contribution in [-0.4, -0.2) is 35.0 Å². The average molecular weight is 424 g/mol. The molecule has 0 N–H and O–H groups in total. The molecule has 0 bridgehead atoms. The van der Waals surface area contributed by atoms with E-state index >= 15 is 0 Å². The first-order valence-corrected chi connectivity index (χ1v) is 9.43. The number of thiazole rings is 1. The fourth-order valence-electron chi connectivity index (χ4n) is 2.41. The van der Waals surface area contributed by atoms with E-state index in [0.717, 1.165) is 0 Å². The Labute approximate surface area is 169 Å². The molecule has 1 aromatic carbocycles. The van der Waals surface area contributed by atoms with Crippen LogP contribution in [0.4, 0.5) is 0 Å². The molecule has 0 atom stereocenters. The number of rotatable bonds is 7. The van der Waals surface area contributed by atoms with Gasteiger partial charge in [-0.15, -0.1) is 0 Å². The minimum Gasteiger partial charge on any atom is -0.495 e. The molecule has 3 aromatic rings. The maximum atomic E-state index is 11.4. The van der Waals surface area contributed by atoms with Crippen molar-refractivity contribution < 1.29 is 14.3 Å². The third-order valence-electron chi connectivity index (χ3n) is 3.81. The van der Waals surface area contributed by atoms with Gasteiger partial charge in [0, 0.05) is 18.9 Å². The molecule has 0 saturated heterocycles. The van der Waals surface area contributed by atoms with E-state index in [4.69, 9.17) is 32.7 Å². The van der Waals surface area contributed by atoms with Crippen molar-refractivity contribution in [3.8, 4) is 22.1 Å². The number of hydrogen-bond donors (Lipinski definition) is 0. The summed E-state index contributed by atoms with van der Waals surface area (Å²) in [5.74, 6) is 1.38. The summed E-state index contributed by atoms with van der Waals surface area (Å²) in [6, 6.07) is 1.62. The average Bonchev–Trinajstić information content (AvgIpc) is 3.09. The highest BCUT2D eigenvalue weighted by atomic mass is 35.5. The van der Waals surface area contributed by atoms with Gasteiger partial charge in [-0.05, 0) is 6.08 Å². The zero-order chi connectivity index (χ0) is 19.6. The van der Waals surface area contributed by atoms with Crippen molar-refractivity contribution in [1.29, 1.82) is 0 Å². The molecular weight excluding hydrogens is 409 g/mol. The van der Waals surface area contributed by atoms with E-state index in [1.807, 2.05) is 0 Å². The number of methoxy groups -OCH3 is 2. The van der Waals surface area contributed by atoms with Crippen LogP contribution in [0.3, 0.4) is 0 Å². The lowest BCUT2D eigenvalue weighted by molar-refractivity contribution is -0.114. The molecule has 0 saturated carbocycles. The van der Waals surface area contributed by atoms with Gasteiger partial charge in [0.1, 0.15) is 32.7 Å². The zero-order valence-electron chi connectivity index (χ0n) is 14.6. The van der Waals surface area contributed by atoms with Gasteiger partial charge in [-0.25, -0.2) is 15.0 Å². The number of nitrogens with zero attached hydrogens (tertiary/aromatic N) is 3. The lowest BCUT2D eigenvalue weighted by Crippen LogP contribution is -1.99. The van der Waals surface area contributed by atoms with Crippen molar-refractivity contribution >= 4 is 50.7 Å². The highest BCUT2D eigenvalue weighted by molar-refractivity contribution is 7.21. The minimum absolute atomic E-state index is 0.0503. The lowest BCUT2D eigenvalue weighted by atomic mass is 10.2. The Kier molecular flexibility index (Phi) is 5.94. The summed E-state index contributed by atoms with van der Waals surface area (Å²) in [5, 5.41) is 1.25. The van der Waals surface area contributed by atoms with E-state index in [9.17, 15) is 4.79 Å². The number of allylic oxidation sites excluding steroid dienone is 1. The molecule has 6 nitrogen and oxygen atoms in total. The summed E-state index contributed by atoms with van der Waals surface area (Å²) in [6.07, 6.45) is 3.66. The van der Waals surface area contributed by atoms with Crippen molar-refractivity contribution in [1.82, 2.24) is 15.0 Å². The molecule has 27 heavy (non-hydrogen) atoms. The van der Waals surface area contributed by atoms with Crippen LogP contribution in [0.15, 0.2) is 24.9 Å². The van der Waals surface area contributed by atoms with Crippen molar-refractivity contribution in [2.75, 3.05) is 14.2 Å². The summed E-state index contributed by atoms with van der Waals surface area (Å²) in [5.41, 5.74) is 1.13. The molecule has 140 valence electrons. The second-order valence-corrected chi connectivity index (χ2v) is 7.18. The van der Waals surface area contributed by atoms with E-state index in [-0.39, 0.29) is 5.78 Å². The number of hydrogen-bond acceptors (Lipinski definition) is 7. The van der Waals surface area contributed by atoms with Crippen molar-refractivity contribution in [3.63, 3.8) is 0 Å². The molecule has 0 aliphatic rings. The number of benzene rings is 1. The summed E-state index contributed by atoms with van der Waals surface area (Å²) in [4.78, 5) is 25.4. The van der Waals surface area contributed by atoms with Crippen LogP contribution in [0, 0.1) is 0 Å². The van der Waals surface area contributed by atoms with Crippen molar-refractivity contribution in [2.45, 2.75) is 12.8 Å². The smallest absolute Gasteiger partial charge is 0.155 e. The zero-order valence-corrected chi connectivity index (χ0v) is 16.9. The number of aromatic nitrogens is 3. The Hall–Kier alpha value is -2.22. The van der Waals surface area contributed by atoms with Crippen LogP contribution in [0.2, 0.25) is 10.0 Å². The van der Waals surface area contributed by atoms with Crippen molar-refractivity contribution in [2.24, 2.45) is 0 Å². The van der Waals surface area contributed by atoms with Crippen LogP contribution in [-0.2, 0) is 11.2 Å². The first-order valence-electron chi connectivity index (χ1n) is 7.86. The SMILES string of the molecule is C=CC(=O)CCc1ncc2nc(-c3c(Cl)c(OC)cc(OC)c3Cl)sc2n1. The highest BCUT2D eigenvalue weighted by Crippen LogP contribution is 2.47. The van der Waals surface area contributed by atoms with Crippen LogP contribution < -0.4 is 9.47 Å². The van der Waals surface area contributed by atoms with Gasteiger partial charge < -0.3 is 9.47 Å². The van der Waals surface area contributed by atoms with Gasteiger partial charge in [0.25, 0.3) is 0 Å². The van der Waals surface area contributed by atoms with Crippen LogP contribution in [0.25, 0.3) is 20.9 Å². The largest absolute Gasteiger partial charge is 0.495 e. The summed E-state index contributed by atoms with van der Waals surface area (Å²) >= 11 is 14.2. The summed E-state index contributed by atoms with van der Waals surface area (Å²) in [6.45, 7) is 3.46. The second kappa shape index (κ2) is 8.21. The van der Waals surface area contributed by atoms with Gasteiger partial charge >= 0.3 is 0 Å². The van der Waals surface area contributed by atoms with Crippen molar-refractivity contribution in [3.05, 3.63) is 40.8 Å². The standard InChI is InChI=1S/C18H15Cl2N3O3S/c1-4-9(24)5-6-13-21-8-10-17(23-13)27-18(22-10)14-15(19)11(25-2)7-12(26-3)16(14)20/h4,7-8H,1,5-6H2,2-3H3. The molecule has 0 aliphatic carbocycles. The number of ether oxygens (including phenoxy) is 2. The monoisotopic (exact) mass is 423 g/mol. The molecule has 0 aliphatic heterocycles. The lowest BCUT2D eigenvalue weighted by Gasteiger charge is -2.12. The number of carbonyl (C=O) groups is 1. The normalized spacial score (nSPS) is 10.8. The number of carbonyl (C=O) groups excluding carboxylic acids is 1. The van der Waals surface area contributed by atoms with E-state index in [1.54, 1.807) is 12.3 Å². The van der Waals surface area contributed by atoms with E-state index in [1.165, 1.54) is 31.6 Å². The van der Waals surface area contributed by atoms with Gasteiger partial charge in [-0.1, -0.05) is 41.1 Å². The Morgan fingerprint density at radius 2 is 1.89 bits per heavy atom. The molecule has 0 unspecified atom stereocenters. The molecule has 2 aromatic heterocycles.